The van der Waals surface area contributed by atoms with Crippen LogP contribution in [0.3, 0.4) is 0 Å². The highest BCUT2D eigenvalue weighted by atomic mass is 19.1. The third kappa shape index (κ3) is 5.25. The molecule has 7 nitrogen and oxygen atoms in total. The van der Waals surface area contributed by atoms with Crippen LogP contribution in [0.15, 0.2) is 24.3 Å². The van der Waals surface area contributed by atoms with Crippen molar-refractivity contribution in [3.63, 3.8) is 0 Å². The molecule has 29 heavy (non-hydrogen) atoms. The van der Waals surface area contributed by atoms with Crippen molar-refractivity contribution in [2.24, 2.45) is 5.92 Å². The Labute approximate surface area is 170 Å². The Morgan fingerprint density at radius 3 is 2.55 bits per heavy atom. The summed E-state index contributed by atoms with van der Waals surface area (Å²) in [5.41, 5.74) is -0.458. The quantitative estimate of drug-likeness (QED) is 0.779. The van der Waals surface area contributed by atoms with E-state index in [2.05, 4.69) is 10.6 Å². The molecule has 1 heterocycles. The molecule has 0 aromatic heterocycles. The van der Waals surface area contributed by atoms with E-state index in [0.29, 0.717) is 12.3 Å². The maximum Gasteiger partial charge on any atom is 0.260 e. The number of carbonyl (C=O) groups is 3. The lowest BCUT2D eigenvalue weighted by Gasteiger charge is -2.32. The molecule has 0 radical (unpaired) electrons. The summed E-state index contributed by atoms with van der Waals surface area (Å²) in [6.07, 6.45) is 3.56. The second-order valence-electron chi connectivity index (χ2n) is 8.21. The number of rotatable bonds is 5. The molecule has 1 aliphatic carbocycles. The molecule has 1 saturated heterocycles. The summed E-state index contributed by atoms with van der Waals surface area (Å²) in [7, 11) is 0. The number of nitrogens with one attached hydrogen (secondary N) is 2. The smallest absolute Gasteiger partial charge is 0.260 e. The summed E-state index contributed by atoms with van der Waals surface area (Å²) in [5, 5.41) is 5.84. The van der Waals surface area contributed by atoms with Crippen molar-refractivity contribution in [1.29, 1.82) is 0 Å². The predicted molar refractivity (Wildman–Crippen MR) is 105 cm³/mol. The van der Waals surface area contributed by atoms with Gasteiger partial charge in [0.25, 0.3) is 5.91 Å². The first kappa shape index (κ1) is 21.1. The van der Waals surface area contributed by atoms with Gasteiger partial charge in [0, 0.05) is 12.5 Å². The maximum absolute atomic E-state index is 13.0. The molecule has 1 atom stereocenters. The van der Waals surface area contributed by atoms with E-state index in [9.17, 15) is 18.8 Å². The van der Waals surface area contributed by atoms with Gasteiger partial charge in [-0.3, -0.25) is 14.4 Å². The van der Waals surface area contributed by atoms with E-state index in [0.717, 1.165) is 25.7 Å². The second kappa shape index (κ2) is 8.80. The van der Waals surface area contributed by atoms with Gasteiger partial charge in [-0.2, -0.15) is 0 Å². The fourth-order valence-electron chi connectivity index (χ4n) is 3.86. The van der Waals surface area contributed by atoms with E-state index in [1.165, 1.54) is 24.3 Å². The van der Waals surface area contributed by atoms with Crippen LogP contribution in [-0.2, 0) is 14.4 Å². The van der Waals surface area contributed by atoms with Gasteiger partial charge < -0.3 is 20.3 Å². The third-order valence-corrected chi connectivity index (χ3v) is 5.53. The van der Waals surface area contributed by atoms with E-state index in [-0.39, 0.29) is 42.6 Å². The van der Waals surface area contributed by atoms with Gasteiger partial charge in [0.2, 0.25) is 11.8 Å². The zero-order chi connectivity index (χ0) is 21.0. The Morgan fingerprint density at radius 1 is 1.28 bits per heavy atom. The third-order valence-electron chi connectivity index (χ3n) is 5.53. The number of nitrogens with zero attached hydrogens (tertiary/aromatic N) is 1. The Bertz CT molecular complexity index is 760. The fraction of sp³-hybridized carbons (Fsp3) is 0.571. The zero-order valence-electron chi connectivity index (χ0n) is 16.9. The van der Waals surface area contributed by atoms with Crippen molar-refractivity contribution >= 4 is 17.7 Å². The molecule has 1 unspecified atom stereocenters. The van der Waals surface area contributed by atoms with Crippen LogP contribution < -0.4 is 15.4 Å². The van der Waals surface area contributed by atoms with Gasteiger partial charge in [-0.05, 0) is 37.1 Å². The lowest BCUT2D eigenvalue weighted by atomic mass is 9.97. The minimum absolute atomic E-state index is 0.0949. The number of benzene rings is 1. The van der Waals surface area contributed by atoms with E-state index in [4.69, 9.17) is 4.74 Å². The Hall–Kier alpha value is -2.64. The Morgan fingerprint density at radius 2 is 1.93 bits per heavy atom. The topological polar surface area (TPSA) is 87.7 Å². The minimum Gasteiger partial charge on any atom is -0.484 e. The van der Waals surface area contributed by atoms with Gasteiger partial charge in [0.15, 0.2) is 6.61 Å². The average Bonchev–Trinajstić information content (AvgIpc) is 3.08. The normalized spacial score (nSPS) is 21.0. The van der Waals surface area contributed by atoms with Crippen LogP contribution in [0.1, 0.15) is 39.5 Å². The van der Waals surface area contributed by atoms with Crippen molar-refractivity contribution in [3.8, 4) is 5.75 Å². The molecule has 8 heteroatoms. The molecule has 3 amide bonds. The van der Waals surface area contributed by atoms with Crippen molar-refractivity contribution in [2.45, 2.75) is 51.1 Å². The van der Waals surface area contributed by atoms with Crippen LogP contribution in [0.5, 0.6) is 5.75 Å². The van der Waals surface area contributed by atoms with E-state index < -0.39 is 11.6 Å². The van der Waals surface area contributed by atoms with Gasteiger partial charge in [-0.1, -0.05) is 26.7 Å². The Kier molecular flexibility index (Phi) is 6.39. The van der Waals surface area contributed by atoms with Crippen LogP contribution in [0.25, 0.3) is 0 Å². The van der Waals surface area contributed by atoms with E-state index in [1.54, 1.807) is 18.7 Å². The molecular formula is C21H28FN3O4. The van der Waals surface area contributed by atoms with Crippen LogP contribution in [0.4, 0.5) is 4.39 Å². The van der Waals surface area contributed by atoms with E-state index in [1.807, 2.05) is 0 Å². The van der Waals surface area contributed by atoms with Crippen molar-refractivity contribution in [1.82, 2.24) is 15.5 Å². The summed E-state index contributed by atoms with van der Waals surface area (Å²) in [6, 6.07) is 4.64. The molecule has 1 aliphatic heterocycles. The molecule has 158 valence electrons. The predicted octanol–water partition coefficient (Wildman–Crippen LogP) is 1.62. The van der Waals surface area contributed by atoms with Gasteiger partial charge in [-0.25, -0.2) is 4.39 Å². The summed E-state index contributed by atoms with van der Waals surface area (Å²) >= 11 is 0. The highest BCUT2D eigenvalue weighted by Crippen LogP contribution is 2.32. The van der Waals surface area contributed by atoms with Crippen LogP contribution >= 0.6 is 0 Å². The molecule has 1 aromatic carbocycles. The summed E-state index contributed by atoms with van der Waals surface area (Å²) in [5.74, 6) is -1.02. The van der Waals surface area contributed by atoms with Crippen LogP contribution in [0, 0.1) is 11.7 Å². The summed E-state index contributed by atoms with van der Waals surface area (Å²) < 4.78 is 18.5. The molecule has 2 N–H and O–H groups in total. The highest BCUT2D eigenvalue weighted by Gasteiger charge is 2.43. The zero-order valence-corrected chi connectivity index (χ0v) is 16.9. The van der Waals surface area contributed by atoms with Crippen molar-refractivity contribution in [3.05, 3.63) is 30.1 Å². The van der Waals surface area contributed by atoms with Crippen molar-refractivity contribution in [2.75, 3.05) is 19.7 Å². The van der Waals surface area contributed by atoms with E-state index >= 15 is 0 Å². The van der Waals surface area contributed by atoms with Gasteiger partial charge >= 0.3 is 0 Å². The molecule has 3 rings (SSSR count). The highest BCUT2D eigenvalue weighted by molar-refractivity contribution is 5.90. The summed E-state index contributed by atoms with van der Waals surface area (Å²) in [6.45, 7) is 3.76. The lowest BCUT2D eigenvalue weighted by molar-refractivity contribution is -0.135. The molecular weight excluding hydrogens is 377 g/mol. The first-order valence-electron chi connectivity index (χ1n) is 10.1. The number of hydrogen-bond acceptors (Lipinski definition) is 4. The largest absolute Gasteiger partial charge is 0.484 e. The molecule has 0 bridgehead atoms. The molecule has 2 aliphatic rings. The number of hydrogen-bond donors (Lipinski definition) is 2. The maximum atomic E-state index is 13.0. The molecule has 1 saturated carbocycles. The SMILES string of the molecule is CC(C)C(=O)NC1CN(C(=O)COc2ccc(F)cc2)CC2(CCCC2)NC1=O. The first-order chi connectivity index (χ1) is 13.8. The number of halogens is 1. The standard InChI is InChI=1S/C21H28FN3O4/c1-14(2)19(27)23-17-11-25(13-21(24-20(17)28)9-3-4-10-21)18(26)12-29-16-7-5-15(22)6-8-16/h5-8,14,17H,3-4,9-13H2,1-2H3,(H,23,27)(H,24,28). The minimum atomic E-state index is -0.806. The Balaban J connectivity index is 1.72. The average molecular weight is 405 g/mol. The first-order valence-corrected chi connectivity index (χ1v) is 10.1. The molecule has 2 fully saturated rings. The van der Waals surface area contributed by atoms with Gasteiger partial charge in [0.05, 0.1) is 12.1 Å². The second-order valence-corrected chi connectivity index (χ2v) is 8.21. The van der Waals surface area contributed by atoms with Gasteiger partial charge in [0.1, 0.15) is 17.6 Å². The number of amides is 3. The number of ether oxygens (including phenoxy) is 1. The van der Waals surface area contributed by atoms with Crippen LogP contribution in [0.2, 0.25) is 0 Å². The fourth-order valence-corrected chi connectivity index (χ4v) is 3.86. The molecule has 1 aromatic rings. The van der Waals surface area contributed by atoms with Gasteiger partial charge in [-0.15, -0.1) is 0 Å². The van der Waals surface area contributed by atoms with Crippen molar-refractivity contribution < 1.29 is 23.5 Å². The molecule has 1 spiro atoms. The van der Waals surface area contributed by atoms with Crippen LogP contribution in [-0.4, -0.2) is 53.9 Å². The monoisotopic (exact) mass is 405 g/mol. The number of carbonyl (C=O) groups excluding carboxylic acids is 3. The summed E-state index contributed by atoms with van der Waals surface area (Å²) in [4.78, 5) is 39.4. The lowest BCUT2D eigenvalue weighted by Crippen LogP contribution is -2.54.